The van der Waals surface area contributed by atoms with Crippen molar-refractivity contribution in [3.8, 4) is 0 Å². The highest BCUT2D eigenvalue weighted by molar-refractivity contribution is 5.91. The molecule has 23 heavy (non-hydrogen) atoms. The number of rotatable bonds is 5. The van der Waals surface area contributed by atoms with Crippen molar-refractivity contribution in [1.29, 1.82) is 0 Å². The number of amides is 3. The van der Waals surface area contributed by atoms with Crippen LogP contribution < -0.4 is 11.1 Å². The molecule has 0 aliphatic carbocycles. The monoisotopic (exact) mass is 327 g/mol. The molecular weight excluding hydrogens is 298 g/mol. The van der Waals surface area contributed by atoms with Gasteiger partial charge in [-0.25, -0.2) is 4.79 Å². The molecule has 0 aromatic rings. The summed E-state index contributed by atoms with van der Waals surface area (Å²) in [5.41, 5.74) is 4.73. The predicted octanol–water partition coefficient (Wildman–Crippen LogP) is 1.40. The molecule has 0 radical (unpaired) electrons. The molecule has 0 bridgehead atoms. The third-order valence-corrected chi connectivity index (χ3v) is 4.02. The average Bonchev–Trinajstić information content (AvgIpc) is 2.90. The lowest BCUT2D eigenvalue weighted by Crippen LogP contribution is -2.55. The highest BCUT2D eigenvalue weighted by atomic mass is 16.6. The summed E-state index contributed by atoms with van der Waals surface area (Å²) in [5.74, 6) is -0.855. The number of nitrogens with one attached hydrogen (secondary N) is 1. The van der Waals surface area contributed by atoms with Gasteiger partial charge < -0.3 is 20.7 Å². The van der Waals surface area contributed by atoms with E-state index in [0.717, 1.165) is 6.42 Å². The lowest BCUT2D eigenvalue weighted by atomic mass is 9.97. The molecule has 7 heteroatoms. The zero-order valence-electron chi connectivity index (χ0n) is 14.7. The maximum absolute atomic E-state index is 12.8. The normalized spacial score (nSPS) is 20.7. The Kier molecular flexibility index (Phi) is 6.41. The zero-order chi connectivity index (χ0) is 17.8. The van der Waals surface area contributed by atoms with Gasteiger partial charge in [0.05, 0.1) is 0 Å². The van der Waals surface area contributed by atoms with Crippen LogP contribution in [0.4, 0.5) is 4.79 Å². The molecule has 0 unspecified atom stereocenters. The molecule has 7 nitrogen and oxygen atoms in total. The average molecular weight is 327 g/mol. The lowest BCUT2D eigenvalue weighted by Gasteiger charge is -2.31. The zero-order valence-corrected chi connectivity index (χ0v) is 14.7. The van der Waals surface area contributed by atoms with Crippen LogP contribution in [0.15, 0.2) is 0 Å². The highest BCUT2D eigenvalue weighted by Gasteiger charge is 2.38. The fraction of sp³-hybridized carbons (Fsp3) is 0.812. The topological polar surface area (TPSA) is 102 Å². The van der Waals surface area contributed by atoms with E-state index < -0.39 is 29.7 Å². The van der Waals surface area contributed by atoms with Crippen LogP contribution in [-0.2, 0) is 14.3 Å². The molecule has 0 aromatic carbocycles. The summed E-state index contributed by atoms with van der Waals surface area (Å²) in [6.45, 7) is 9.59. The van der Waals surface area contributed by atoms with Crippen LogP contribution in [0.5, 0.6) is 0 Å². The molecule has 1 heterocycles. The first-order valence-corrected chi connectivity index (χ1v) is 8.16. The molecule has 0 aromatic heterocycles. The van der Waals surface area contributed by atoms with Crippen LogP contribution in [0.1, 0.15) is 53.9 Å². The summed E-state index contributed by atoms with van der Waals surface area (Å²) in [6.07, 6.45) is 1.38. The first-order valence-electron chi connectivity index (χ1n) is 8.16. The van der Waals surface area contributed by atoms with Crippen molar-refractivity contribution in [1.82, 2.24) is 10.2 Å². The summed E-state index contributed by atoms with van der Waals surface area (Å²) >= 11 is 0. The van der Waals surface area contributed by atoms with E-state index >= 15 is 0 Å². The van der Waals surface area contributed by atoms with E-state index in [-0.39, 0.29) is 11.8 Å². The van der Waals surface area contributed by atoms with Gasteiger partial charge in [-0.15, -0.1) is 0 Å². The van der Waals surface area contributed by atoms with Crippen molar-refractivity contribution in [3.63, 3.8) is 0 Å². The van der Waals surface area contributed by atoms with E-state index in [1.165, 1.54) is 4.90 Å². The lowest BCUT2D eigenvalue weighted by molar-refractivity contribution is -0.140. The smallest absolute Gasteiger partial charge is 0.408 e. The standard InChI is InChI=1S/C16H29N3O4/c1-6-10(2)12(18-15(22)23-16(3,4)5)14(21)19-9-7-8-11(19)13(17)20/h10-12H,6-9H2,1-5H3,(H2,17,20)(H,18,22)/t10-,11-,12-/m0/s1. The fourth-order valence-corrected chi connectivity index (χ4v) is 2.62. The number of hydrogen-bond acceptors (Lipinski definition) is 4. The number of primary amides is 1. The molecule has 132 valence electrons. The van der Waals surface area contributed by atoms with Gasteiger partial charge in [0.25, 0.3) is 0 Å². The van der Waals surface area contributed by atoms with Crippen LogP contribution in [-0.4, -0.2) is 47.0 Å². The maximum Gasteiger partial charge on any atom is 0.408 e. The third kappa shape index (κ3) is 5.41. The predicted molar refractivity (Wildman–Crippen MR) is 86.5 cm³/mol. The Morgan fingerprint density at radius 1 is 1.35 bits per heavy atom. The molecule has 1 fully saturated rings. The molecule has 3 amide bonds. The van der Waals surface area contributed by atoms with Gasteiger partial charge in [-0.05, 0) is 39.5 Å². The van der Waals surface area contributed by atoms with E-state index in [1.807, 2.05) is 13.8 Å². The van der Waals surface area contributed by atoms with Crippen molar-refractivity contribution < 1.29 is 19.1 Å². The summed E-state index contributed by atoms with van der Waals surface area (Å²) in [5, 5.41) is 2.66. The maximum atomic E-state index is 12.8. The Morgan fingerprint density at radius 3 is 2.43 bits per heavy atom. The van der Waals surface area contributed by atoms with Crippen LogP contribution >= 0.6 is 0 Å². The Morgan fingerprint density at radius 2 is 1.96 bits per heavy atom. The minimum Gasteiger partial charge on any atom is -0.444 e. The molecule has 1 aliphatic heterocycles. The SMILES string of the molecule is CC[C@H](C)[C@H](NC(=O)OC(C)(C)C)C(=O)N1CCC[C@H]1C(N)=O. The van der Waals surface area contributed by atoms with Crippen LogP contribution in [0.3, 0.4) is 0 Å². The minimum atomic E-state index is -0.727. The Labute approximate surface area is 137 Å². The van der Waals surface area contributed by atoms with Crippen LogP contribution in [0.25, 0.3) is 0 Å². The molecule has 0 spiro atoms. The van der Waals surface area contributed by atoms with E-state index in [4.69, 9.17) is 10.5 Å². The number of carbonyl (C=O) groups is 3. The molecule has 1 saturated heterocycles. The first-order chi connectivity index (χ1) is 10.6. The number of carbonyl (C=O) groups excluding carboxylic acids is 3. The molecule has 1 rings (SSSR count). The number of ether oxygens (including phenoxy) is 1. The minimum absolute atomic E-state index is 0.0795. The van der Waals surface area contributed by atoms with Gasteiger partial charge in [0.2, 0.25) is 11.8 Å². The highest BCUT2D eigenvalue weighted by Crippen LogP contribution is 2.21. The van der Waals surface area contributed by atoms with E-state index in [1.54, 1.807) is 20.8 Å². The Balaban J connectivity index is 2.87. The Bertz CT molecular complexity index is 459. The number of nitrogens with two attached hydrogens (primary N) is 1. The van der Waals surface area contributed by atoms with Crippen molar-refractivity contribution in [2.24, 2.45) is 11.7 Å². The third-order valence-electron chi connectivity index (χ3n) is 4.02. The van der Waals surface area contributed by atoms with Crippen LogP contribution in [0, 0.1) is 5.92 Å². The van der Waals surface area contributed by atoms with Gasteiger partial charge in [0.15, 0.2) is 0 Å². The number of alkyl carbamates (subject to hydrolysis) is 1. The van der Waals surface area contributed by atoms with Gasteiger partial charge in [0, 0.05) is 6.54 Å². The van der Waals surface area contributed by atoms with Gasteiger partial charge in [-0.2, -0.15) is 0 Å². The second-order valence-electron chi connectivity index (χ2n) is 7.10. The Hall–Kier alpha value is -1.79. The summed E-state index contributed by atoms with van der Waals surface area (Å²) in [7, 11) is 0. The fourth-order valence-electron chi connectivity index (χ4n) is 2.62. The summed E-state index contributed by atoms with van der Waals surface area (Å²) in [6, 6.07) is -1.32. The van der Waals surface area contributed by atoms with Gasteiger partial charge >= 0.3 is 6.09 Å². The second-order valence-corrected chi connectivity index (χ2v) is 7.10. The van der Waals surface area contributed by atoms with E-state index in [2.05, 4.69) is 5.32 Å². The second kappa shape index (κ2) is 7.66. The van der Waals surface area contributed by atoms with Crippen LogP contribution in [0.2, 0.25) is 0 Å². The summed E-state index contributed by atoms with van der Waals surface area (Å²) < 4.78 is 5.24. The molecule has 3 N–H and O–H groups in total. The van der Waals surface area contributed by atoms with Crippen molar-refractivity contribution >= 4 is 17.9 Å². The largest absolute Gasteiger partial charge is 0.444 e. The first kappa shape index (κ1) is 19.3. The summed E-state index contributed by atoms with van der Waals surface area (Å²) in [4.78, 5) is 37.8. The van der Waals surface area contributed by atoms with Gasteiger partial charge in [-0.1, -0.05) is 20.3 Å². The van der Waals surface area contributed by atoms with E-state index in [9.17, 15) is 14.4 Å². The van der Waals surface area contributed by atoms with Gasteiger partial charge in [0.1, 0.15) is 17.7 Å². The van der Waals surface area contributed by atoms with Gasteiger partial charge in [-0.3, -0.25) is 9.59 Å². The molecule has 0 saturated carbocycles. The quantitative estimate of drug-likeness (QED) is 0.797. The molecular formula is C16H29N3O4. The number of likely N-dealkylation sites (tertiary alicyclic amines) is 1. The molecule has 3 atom stereocenters. The van der Waals surface area contributed by atoms with Crippen molar-refractivity contribution in [2.45, 2.75) is 71.6 Å². The van der Waals surface area contributed by atoms with Crippen molar-refractivity contribution in [3.05, 3.63) is 0 Å². The number of nitrogens with zero attached hydrogens (tertiary/aromatic N) is 1. The van der Waals surface area contributed by atoms with E-state index in [0.29, 0.717) is 19.4 Å². The molecule has 1 aliphatic rings. The van der Waals surface area contributed by atoms with Crippen molar-refractivity contribution in [2.75, 3.05) is 6.54 Å². The number of hydrogen-bond donors (Lipinski definition) is 2.